The van der Waals surface area contributed by atoms with Crippen LogP contribution in [0.25, 0.3) is 10.1 Å². The lowest BCUT2D eigenvalue weighted by Crippen LogP contribution is -2.25. The van der Waals surface area contributed by atoms with Gasteiger partial charge in [-0.25, -0.2) is 17.4 Å². The number of nitrogens with zero attached hydrogens (tertiary/aromatic N) is 1. The van der Waals surface area contributed by atoms with Gasteiger partial charge in [0.25, 0.3) is 10.0 Å². The minimum absolute atomic E-state index is 0.138. The average molecular weight is 495 g/mol. The maximum atomic E-state index is 13.6. The van der Waals surface area contributed by atoms with Gasteiger partial charge in [-0.2, -0.15) is 9.98 Å². The van der Waals surface area contributed by atoms with Gasteiger partial charge in [-0.3, -0.25) is 0 Å². The van der Waals surface area contributed by atoms with Crippen molar-refractivity contribution in [2.45, 2.75) is 4.21 Å². The minimum Gasteiger partial charge on any atom is -0.424 e. The van der Waals surface area contributed by atoms with Crippen molar-refractivity contribution in [2.24, 2.45) is 0 Å². The molecule has 0 aliphatic rings. The summed E-state index contributed by atoms with van der Waals surface area (Å²) < 4.78 is 57.9. The van der Waals surface area contributed by atoms with E-state index in [1.165, 1.54) is 18.2 Å². The summed E-state index contributed by atoms with van der Waals surface area (Å²) in [4.78, 5) is 9.90. The lowest BCUT2D eigenvalue weighted by Gasteiger charge is -2.14. The molecule has 3 rings (SSSR count). The molecule has 0 bridgehead atoms. The largest absolute Gasteiger partial charge is 0.424 e. The summed E-state index contributed by atoms with van der Waals surface area (Å²) in [6.07, 6.45) is -0.959. The van der Waals surface area contributed by atoms with Crippen LogP contribution < -0.4 is 9.25 Å². The molecule has 1 heterocycles. The Morgan fingerprint density at radius 3 is 2.66 bits per heavy atom. The number of thiophene rings is 1. The van der Waals surface area contributed by atoms with Crippen molar-refractivity contribution in [3.8, 4) is 11.8 Å². The zero-order valence-corrected chi connectivity index (χ0v) is 18.1. The van der Waals surface area contributed by atoms with Crippen molar-refractivity contribution in [2.75, 3.05) is 6.29 Å². The Hall–Kier alpha value is -1.70. The van der Waals surface area contributed by atoms with Crippen LogP contribution in [-0.4, -0.2) is 19.6 Å². The van der Waals surface area contributed by atoms with E-state index in [0.717, 1.165) is 29.5 Å². The van der Waals surface area contributed by atoms with Gasteiger partial charge in [0.2, 0.25) is 0 Å². The Morgan fingerprint density at radius 2 is 2.00 bits per heavy atom. The van der Waals surface area contributed by atoms with E-state index in [1.54, 1.807) is 6.07 Å². The summed E-state index contributed by atoms with van der Waals surface area (Å²) in [7, 11) is -8.67. The fourth-order valence-electron chi connectivity index (χ4n) is 2.26. The van der Waals surface area contributed by atoms with E-state index in [9.17, 15) is 22.3 Å². The van der Waals surface area contributed by atoms with E-state index in [4.69, 9.17) is 33.0 Å². The third-order valence-corrected chi connectivity index (χ3v) is 8.50. The van der Waals surface area contributed by atoms with Crippen molar-refractivity contribution in [1.29, 1.82) is 5.26 Å². The number of rotatable bonds is 6. The predicted molar refractivity (Wildman–Crippen MR) is 109 cm³/mol. The van der Waals surface area contributed by atoms with Crippen LogP contribution in [0.3, 0.4) is 0 Å². The second kappa shape index (κ2) is 8.20. The Labute approximate surface area is 178 Å². The van der Waals surface area contributed by atoms with Gasteiger partial charge in [-0.15, -0.1) is 11.3 Å². The first-order valence-corrected chi connectivity index (χ1v) is 12.4. The number of fused-ring (bicyclic) bond motifs is 1. The van der Waals surface area contributed by atoms with Gasteiger partial charge >= 0.3 is 7.60 Å². The van der Waals surface area contributed by atoms with Gasteiger partial charge in [0, 0.05) is 11.1 Å². The molecular weight excluding hydrogens is 485 g/mol. The highest BCUT2D eigenvalue weighted by atomic mass is 35.5. The molecule has 0 aliphatic carbocycles. The molecule has 0 radical (unpaired) electrons. The molecule has 29 heavy (non-hydrogen) atoms. The van der Waals surface area contributed by atoms with Crippen LogP contribution in [0.2, 0.25) is 10.0 Å². The van der Waals surface area contributed by atoms with Crippen LogP contribution in [0, 0.1) is 17.1 Å². The number of hydrogen-bond acceptors (Lipinski definition) is 6. The van der Waals surface area contributed by atoms with Gasteiger partial charge in [0.05, 0.1) is 15.3 Å². The fourth-order valence-corrected chi connectivity index (χ4v) is 6.80. The van der Waals surface area contributed by atoms with Crippen molar-refractivity contribution < 1.29 is 26.8 Å². The van der Waals surface area contributed by atoms with Gasteiger partial charge < -0.3 is 9.42 Å². The third kappa shape index (κ3) is 5.08. The second-order valence-electron chi connectivity index (χ2n) is 5.66. The lowest BCUT2D eigenvalue weighted by atomic mass is 10.2. The third-order valence-electron chi connectivity index (χ3n) is 3.54. The van der Waals surface area contributed by atoms with E-state index in [2.05, 4.69) is 0 Å². The average Bonchev–Trinajstić information content (AvgIpc) is 3.05. The van der Waals surface area contributed by atoms with E-state index < -0.39 is 29.7 Å². The highest BCUT2D eigenvalue weighted by Gasteiger charge is 2.27. The second-order valence-corrected chi connectivity index (χ2v) is 11.3. The molecule has 1 aromatic heterocycles. The van der Waals surface area contributed by atoms with Crippen molar-refractivity contribution in [3.63, 3.8) is 0 Å². The maximum absolute atomic E-state index is 13.6. The summed E-state index contributed by atoms with van der Waals surface area (Å²) in [5.41, 5.74) is -0.269. The molecule has 3 aromatic rings. The number of nitriles is 1. The highest BCUT2D eigenvalue weighted by molar-refractivity contribution is 7.92. The molecule has 0 amide bonds. The molecular formula is C16H10Cl2FN2O5PS2. The Morgan fingerprint density at radius 1 is 1.28 bits per heavy atom. The van der Waals surface area contributed by atoms with Crippen LogP contribution in [0.15, 0.2) is 40.6 Å². The predicted octanol–water partition coefficient (Wildman–Crippen LogP) is 4.72. The van der Waals surface area contributed by atoms with Crippen LogP contribution in [0.5, 0.6) is 5.75 Å². The maximum Gasteiger partial charge on any atom is 0.391 e. The Balaban J connectivity index is 1.77. The first-order valence-electron chi connectivity index (χ1n) is 7.60. The van der Waals surface area contributed by atoms with E-state index in [0.29, 0.717) is 15.1 Å². The quantitative estimate of drug-likeness (QED) is 0.478. The van der Waals surface area contributed by atoms with Gasteiger partial charge in [-0.05, 0) is 35.7 Å². The number of halogens is 3. The van der Waals surface area contributed by atoms with Crippen LogP contribution >= 0.6 is 42.1 Å². The van der Waals surface area contributed by atoms with Gasteiger partial charge in [0.1, 0.15) is 28.1 Å². The molecule has 0 fully saturated rings. The van der Waals surface area contributed by atoms with Crippen LogP contribution in [-0.2, 0) is 14.6 Å². The molecule has 0 saturated carbocycles. The molecule has 13 heteroatoms. The monoisotopic (exact) mass is 494 g/mol. The van der Waals surface area contributed by atoms with Crippen molar-refractivity contribution >= 4 is 62.2 Å². The smallest absolute Gasteiger partial charge is 0.391 e. The van der Waals surface area contributed by atoms with Crippen molar-refractivity contribution in [1.82, 2.24) is 4.72 Å². The molecule has 1 unspecified atom stereocenters. The summed E-state index contributed by atoms with van der Waals surface area (Å²) in [5.74, 6) is -1.26. The lowest BCUT2D eigenvalue weighted by molar-refractivity contribution is 0.377. The van der Waals surface area contributed by atoms with Crippen LogP contribution in [0.1, 0.15) is 5.56 Å². The zero-order valence-electron chi connectivity index (χ0n) is 14.1. The minimum atomic E-state index is -4.51. The fraction of sp³-hybridized carbons (Fsp3) is 0.0625. The first kappa shape index (κ1) is 22.0. The Kier molecular flexibility index (Phi) is 6.22. The Bertz CT molecular complexity index is 1310. The van der Waals surface area contributed by atoms with E-state index in [-0.39, 0.29) is 20.5 Å². The summed E-state index contributed by atoms with van der Waals surface area (Å²) >= 11 is 12.8. The number of benzene rings is 2. The number of nitrogens with one attached hydrogen (secondary N) is 1. The molecule has 0 spiro atoms. The summed E-state index contributed by atoms with van der Waals surface area (Å²) in [5, 5.41) is 9.80. The SMILES string of the molecule is N#Cc1ccc(OP(=O)(O)CNS(=O)(=O)c2cc3cc(Cl)cc(Cl)c3s2)cc1F. The highest BCUT2D eigenvalue weighted by Crippen LogP contribution is 2.42. The van der Waals surface area contributed by atoms with E-state index in [1.807, 2.05) is 4.72 Å². The van der Waals surface area contributed by atoms with Gasteiger partial charge in [0.15, 0.2) is 0 Å². The standard InChI is InChI=1S/C16H10Cl2FN2O5PS2/c17-11-3-10-4-15(28-16(10)13(18)5-11)29(24,25)21-8-27(22,23)26-12-2-1-9(7-20)14(19)6-12/h1-6,21H,8H2,(H,22,23). The number of sulfonamides is 1. The summed E-state index contributed by atoms with van der Waals surface area (Å²) in [6.45, 7) is 0. The molecule has 7 nitrogen and oxygen atoms in total. The first-order chi connectivity index (χ1) is 13.5. The topological polar surface area (TPSA) is 116 Å². The molecule has 2 N–H and O–H groups in total. The van der Waals surface area contributed by atoms with Gasteiger partial charge in [-0.1, -0.05) is 23.2 Å². The molecule has 1 atom stereocenters. The zero-order chi connectivity index (χ0) is 21.4. The molecule has 0 saturated heterocycles. The number of hydrogen-bond donors (Lipinski definition) is 2. The normalized spacial score (nSPS) is 13.8. The van der Waals surface area contributed by atoms with Crippen LogP contribution in [0.4, 0.5) is 4.39 Å². The molecule has 0 aliphatic heterocycles. The molecule has 152 valence electrons. The summed E-state index contributed by atoms with van der Waals surface area (Å²) in [6, 6.07) is 8.89. The van der Waals surface area contributed by atoms with Crippen molar-refractivity contribution in [3.05, 3.63) is 57.8 Å². The van der Waals surface area contributed by atoms with E-state index >= 15 is 0 Å². The molecule has 2 aromatic carbocycles.